The first kappa shape index (κ1) is 25.4. The Hall–Kier alpha value is -4.25. The fraction of sp³-hybridized carbons (Fsp3) is 0.259. The van der Waals surface area contributed by atoms with E-state index in [2.05, 4.69) is 18.5 Å². The van der Waals surface area contributed by atoms with Gasteiger partial charge >= 0.3 is 0 Å². The van der Waals surface area contributed by atoms with Crippen LogP contribution in [0.25, 0.3) is 11.1 Å². The first-order valence-electron chi connectivity index (χ1n) is 12.0. The van der Waals surface area contributed by atoms with Crippen LogP contribution in [0.4, 0.5) is 5.69 Å². The first-order chi connectivity index (χ1) is 18.2. The predicted octanol–water partition coefficient (Wildman–Crippen LogP) is 1.40. The van der Waals surface area contributed by atoms with Gasteiger partial charge in [-0.15, -0.1) is 0 Å². The number of nitrogens with zero attached hydrogens (tertiary/aromatic N) is 3. The minimum Gasteiger partial charge on any atom is -0.482 e. The largest absolute Gasteiger partial charge is 0.482 e. The van der Waals surface area contributed by atoms with Crippen molar-refractivity contribution in [3.05, 3.63) is 72.1 Å². The van der Waals surface area contributed by atoms with Crippen molar-refractivity contribution in [3.8, 4) is 16.9 Å². The number of hydrogen-bond acceptors (Lipinski definition) is 6. The number of amides is 4. The van der Waals surface area contributed by atoms with Crippen LogP contribution in [0.2, 0.25) is 0 Å². The van der Waals surface area contributed by atoms with Gasteiger partial charge in [-0.1, -0.05) is 31.4 Å². The SMILES string of the molecule is C=C(NC(=O)C(=C)N1Cc2c(cccc2-c2ccc3c(c2)OCC(=O)N3C)C1=O)C(=O)N1CCS(=O)CC1. The van der Waals surface area contributed by atoms with Crippen molar-refractivity contribution >= 4 is 40.1 Å². The van der Waals surface area contributed by atoms with Gasteiger partial charge < -0.3 is 19.9 Å². The van der Waals surface area contributed by atoms with E-state index in [1.807, 2.05) is 18.2 Å². The summed E-state index contributed by atoms with van der Waals surface area (Å²) < 4.78 is 17.2. The molecule has 0 atom stereocenters. The van der Waals surface area contributed by atoms with Gasteiger partial charge in [0.05, 0.1) is 17.9 Å². The second-order valence-electron chi connectivity index (χ2n) is 9.17. The molecule has 4 amide bonds. The molecule has 0 radical (unpaired) electrons. The van der Waals surface area contributed by atoms with Crippen LogP contribution in [0.1, 0.15) is 15.9 Å². The molecule has 3 aliphatic heterocycles. The topological polar surface area (TPSA) is 116 Å². The van der Waals surface area contributed by atoms with E-state index in [1.54, 1.807) is 25.2 Å². The van der Waals surface area contributed by atoms with Crippen LogP contribution in [-0.2, 0) is 31.7 Å². The van der Waals surface area contributed by atoms with Crippen molar-refractivity contribution in [1.29, 1.82) is 0 Å². The maximum absolute atomic E-state index is 13.2. The van der Waals surface area contributed by atoms with E-state index in [0.717, 1.165) is 16.7 Å². The van der Waals surface area contributed by atoms with Gasteiger partial charge in [0, 0.05) is 48.0 Å². The molecule has 2 aromatic rings. The van der Waals surface area contributed by atoms with E-state index in [1.165, 1.54) is 14.7 Å². The van der Waals surface area contributed by atoms with Crippen molar-refractivity contribution < 1.29 is 28.1 Å². The smallest absolute Gasteiger partial charge is 0.271 e. The average Bonchev–Trinajstić information content (AvgIpc) is 3.26. The lowest BCUT2D eigenvalue weighted by atomic mass is 9.96. The van der Waals surface area contributed by atoms with E-state index in [-0.39, 0.29) is 36.4 Å². The predicted molar refractivity (Wildman–Crippen MR) is 142 cm³/mol. The molecule has 196 valence electrons. The molecule has 38 heavy (non-hydrogen) atoms. The molecule has 0 spiro atoms. The third-order valence-electron chi connectivity index (χ3n) is 6.90. The van der Waals surface area contributed by atoms with Crippen molar-refractivity contribution in [2.45, 2.75) is 6.54 Å². The summed E-state index contributed by atoms with van der Waals surface area (Å²) in [6.07, 6.45) is 0. The Morgan fingerprint density at radius 3 is 2.50 bits per heavy atom. The molecule has 3 aliphatic rings. The number of carbonyl (C=O) groups is 4. The second kappa shape index (κ2) is 9.90. The van der Waals surface area contributed by atoms with Gasteiger partial charge in [0.25, 0.3) is 23.6 Å². The summed E-state index contributed by atoms with van der Waals surface area (Å²) in [5.41, 5.74) is 3.18. The lowest BCUT2D eigenvalue weighted by Crippen LogP contribution is -2.45. The van der Waals surface area contributed by atoms with Gasteiger partial charge in [0.2, 0.25) is 0 Å². The van der Waals surface area contributed by atoms with Gasteiger partial charge in [-0.05, 0) is 34.9 Å². The quantitative estimate of drug-likeness (QED) is 0.580. The molecule has 0 saturated carbocycles. The van der Waals surface area contributed by atoms with Gasteiger partial charge in [-0.3, -0.25) is 28.3 Å². The average molecular weight is 535 g/mol. The summed E-state index contributed by atoms with van der Waals surface area (Å²) in [5, 5.41) is 2.46. The fourth-order valence-electron chi connectivity index (χ4n) is 4.68. The van der Waals surface area contributed by atoms with Crippen LogP contribution in [-0.4, -0.2) is 75.9 Å². The van der Waals surface area contributed by atoms with E-state index >= 15 is 0 Å². The number of ether oxygens (including phenoxy) is 1. The Kier molecular flexibility index (Phi) is 6.62. The highest BCUT2D eigenvalue weighted by atomic mass is 32.2. The Balaban J connectivity index is 1.32. The highest BCUT2D eigenvalue weighted by Gasteiger charge is 2.34. The van der Waals surface area contributed by atoms with Gasteiger partial charge in [0.1, 0.15) is 11.4 Å². The van der Waals surface area contributed by atoms with Crippen LogP contribution in [0.3, 0.4) is 0 Å². The molecule has 0 aromatic heterocycles. The van der Waals surface area contributed by atoms with Crippen LogP contribution < -0.4 is 15.0 Å². The summed E-state index contributed by atoms with van der Waals surface area (Å²) >= 11 is 0. The number of likely N-dealkylation sites (N-methyl/N-ethyl adjacent to an activating group) is 1. The summed E-state index contributed by atoms with van der Waals surface area (Å²) in [4.78, 5) is 55.0. The van der Waals surface area contributed by atoms with Crippen molar-refractivity contribution in [2.75, 3.05) is 43.1 Å². The number of hydrogen-bond donors (Lipinski definition) is 1. The number of nitrogens with one attached hydrogen (secondary N) is 1. The number of fused-ring (bicyclic) bond motifs is 2. The van der Waals surface area contributed by atoms with Crippen LogP contribution >= 0.6 is 0 Å². The molecule has 3 heterocycles. The van der Waals surface area contributed by atoms with E-state index < -0.39 is 22.6 Å². The minimum atomic E-state index is -0.946. The van der Waals surface area contributed by atoms with Crippen LogP contribution in [0, 0.1) is 0 Å². The van der Waals surface area contributed by atoms with Crippen molar-refractivity contribution in [1.82, 2.24) is 15.1 Å². The minimum absolute atomic E-state index is 0.0495. The van der Waals surface area contributed by atoms with Crippen LogP contribution in [0.15, 0.2) is 61.0 Å². The van der Waals surface area contributed by atoms with Crippen molar-refractivity contribution in [3.63, 3.8) is 0 Å². The normalized spacial score (nSPS) is 17.0. The summed E-state index contributed by atoms with van der Waals surface area (Å²) in [7, 11) is 0.743. The highest BCUT2D eigenvalue weighted by Crippen LogP contribution is 2.39. The molecular formula is C27H26N4O6S. The van der Waals surface area contributed by atoms with Gasteiger partial charge in [-0.2, -0.15) is 0 Å². The second-order valence-corrected chi connectivity index (χ2v) is 10.9. The van der Waals surface area contributed by atoms with Crippen molar-refractivity contribution in [2.24, 2.45) is 0 Å². The number of benzene rings is 2. The zero-order valence-electron chi connectivity index (χ0n) is 20.8. The molecule has 0 aliphatic carbocycles. The molecule has 10 nitrogen and oxygen atoms in total. The maximum atomic E-state index is 13.2. The molecule has 5 rings (SSSR count). The van der Waals surface area contributed by atoms with E-state index in [9.17, 15) is 23.4 Å². The Morgan fingerprint density at radius 2 is 1.76 bits per heavy atom. The van der Waals surface area contributed by atoms with Gasteiger partial charge in [0.15, 0.2) is 6.61 Å². The number of anilines is 1. The van der Waals surface area contributed by atoms with Gasteiger partial charge in [-0.25, -0.2) is 0 Å². The van der Waals surface area contributed by atoms with E-state index in [4.69, 9.17) is 4.74 Å². The fourth-order valence-corrected chi connectivity index (χ4v) is 5.74. The molecule has 11 heteroatoms. The van der Waals surface area contributed by atoms with E-state index in [0.29, 0.717) is 41.6 Å². The highest BCUT2D eigenvalue weighted by molar-refractivity contribution is 7.85. The van der Waals surface area contributed by atoms with Crippen LogP contribution in [0.5, 0.6) is 5.75 Å². The maximum Gasteiger partial charge on any atom is 0.271 e. The molecule has 1 saturated heterocycles. The molecule has 1 N–H and O–H groups in total. The molecule has 0 unspecified atom stereocenters. The Bertz CT molecular complexity index is 1440. The molecule has 1 fully saturated rings. The Labute approximate surface area is 222 Å². The molecule has 2 aromatic carbocycles. The summed E-state index contributed by atoms with van der Waals surface area (Å²) in [6, 6.07) is 10.8. The number of carbonyl (C=O) groups excluding carboxylic acids is 4. The Morgan fingerprint density at radius 1 is 1.05 bits per heavy atom. The third kappa shape index (κ3) is 4.49. The lowest BCUT2D eigenvalue weighted by Gasteiger charge is -2.27. The third-order valence-corrected chi connectivity index (χ3v) is 8.18. The summed E-state index contributed by atoms with van der Waals surface area (Å²) in [5.74, 6) is -0.348. The number of rotatable bonds is 5. The summed E-state index contributed by atoms with van der Waals surface area (Å²) in [6.45, 7) is 8.20. The zero-order chi connectivity index (χ0) is 27.1. The lowest BCUT2D eigenvalue weighted by molar-refractivity contribution is -0.129. The zero-order valence-corrected chi connectivity index (χ0v) is 21.6. The standard InChI is InChI=1S/C27H26N4O6S/c1-16(26(34)30-9-11-38(36)12-10-30)28-25(33)17(2)31-14-21-19(5-4-6-20(21)27(31)35)18-7-8-22-23(13-18)37-15-24(32)29(22)3/h4-8,13H,1-2,9-12,14-15H2,3H3,(H,28,33). The first-order valence-corrected chi connectivity index (χ1v) is 13.5. The molecule has 0 bridgehead atoms. The monoisotopic (exact) mass is 534 g/mol. The molecular weight excluding hydrogens is 508 g/mol.